The Labute approximate surface area is 153 Å². The van der Waals surface area contributed by atoms with Crippen LogP contribution in [0.2, 0.25) is 0 Å². The van der Waals surface area contributed by atoms with E-state index in [4.69, 9.17) is 4.74 Å². The second kappa shape index (κ2) is 8.49. The third-order valence-corrected chi connectivity index (χ3v) is 4.24. The molecule has 1 aromatic heterocycles. The molecule has 6 nitrogen and oxygen atoms in total. The number of rotatable bonds is 8. The van der Waals surface area contributed by atoms with Crippen LogP contribution < -0.4 is 15.4 Å². The smallest absolute Gasteiger partial charge is 0.240 e. The number of benzene rings is 2. The van der Waals surface area contributed by atoms with Gasteiger partial charge in [0.1, 0.15) is 24.7 Å². The number of hydrogen-bond acceptors (Lipinski definition) is 4. The molecule has 3 aromatic rings. The Morgan fingerprint density at radius 1 is 1.15 bits per heavy atom. The van der Waals surface area contributed by atoms with Gasteiger partial charge in [0.05, 0.1) is 11.0 Å². The van der Waals surface area contributed by atoms with Gasteiger partial charge in [0.15, 0.2) is 0 Å². The van der Waals surface area contributed by atoms with E-state index in [1.165, 1.54) is 0 Å². The molecule has 0 bridgehead atoms. The highest BCUT2D eigenvalue weighted by Gasteiger charge is 2.14. The quantitative estimate of drug-likeness (QED) is 0.653. The molecule has 0 spiro atoms. The SMILES string of the molecule is CNC(C)CNC(=O)Cn1c(COc2ccccc2)nc2ccccc21. The first-order valence-corrected chi connectivity index (χ1v) is 8.73. The maximum Gasteiger partial charge on any atom is 0.240 e. The Morgan fingerprint density at radius 2 is 1.88 bits per heavy atom. The Balaban J connectivity index is 1.77. The van der Waals surface area contributed by atoms with E-state index in [0.29, 0.717) is 13.2 Å². The summed E-state index contributed by atoms with van der Waals surface area (Å²) in [5.74, 6) is 1.46. The molecule has 0 saturated carbocycles. The van der Waals surface area contributed by atoms with Crippen LogP contribution in [0, 0.1) is 0 Å². The van der Waals surface area contributed by atoms with Gasteiger partial charge in [-0.1, -0.05) is 30.3 Å². The van der Waals surface area contributed by atoms with E-state index in [9.17, 15) is 4.79 Å². The minimum absolute atomic E-state index is 0.0452. The van der Waals surface area contributed by atoms with Gasteiger partial charge in [0, 0.05) is 12.6 Å². The van der Waals surface area contributed by atoms with Crippen LogP contribution >= 0.6 is 0 Å². The number of nitrogens with zero attached hydrogens (tertiary/aromatic N) is 2. The van der Waals surface area contributed by atoms with Crippen molar-refractivity contribution in [1.82, 2.24) is 20.2 Å². The number of carbonyl (C=O) groups is 1. The number of nitrogens with one attached hydrogen (secondary N) is 2. The first-order valence-electron chi connectivity index (χ1n) is 8.73. The Hall–Kier alpha value is -2.86. The second-order valence-corrected chi connectivity index (χ2v) is 6.20. The Morgan fingerprint density at radius 3 is 2.65 bits per heavy atom. The Kier molecular flexibility index (Phi) is 5.86. The lowest BCUT2D eigenvalue weighted by Crippen LogP contribution is -2.38. The van der Waals surface area contributed by atoms with E-state index in [-0.39, 0.29) is 18.5 Å². The molecule has 1 amide bonds. The Bertz CT molecular complexity index is 861. The minimum atomic E-state index is -0.0452. The van der Waals surface area contributed by atoms with E-state index in [2.05, 4.69) is 15.6 Å². The van der Waals surface area contributed by atoms with Gasteiger partial charge in [-0.15, -0.1) is 0 Å². The summed E-state index contributed by atoms with van der Waals surface area (Å²) in [4.78, 5) is 17.0. The van der Waals surface area contributed by atoms with Crippen molar-refractivity contribution in [2.75, 3.05) is 13.6 Å². The molecular weight excluding hydrogens is 328 g/mol. The van der Waals surface area contributed by atoms with Gasteiger partial charge >= 0.3 is 0 Å². The number of likely N-dealkylation sites (N-methyl/N-ethyl adjacent to an activating group) is 1. The van der Waals surface area contributed by atoms with Gasteiger partial charge in [-0.25, -0.2) is 4.98 Å². The molecule has 1 heterocycles. The lowest BCUT2D eigenvalue weighted by atomic mass is 10.3. The number of carbonyl (C=O) groups excluding carboxylic acids is 1. The largest absolute Gasteiger partial charge is 0.486 e. The number of hydrogen-bond donors (Lipinski definition) is 2. The van der Waals surface area contributed by atoms with Gasteiger partial charge in [-0.2, -0.15) is 0 Å². The predicted molar refractivity (Wildman–Crippen MR) is 102 cm³/mol. The first kappa shape index (κ1) is 17.9. The third kappa shape index (κ3) is 4.40. The lowest BCUT2D eigenvalue weighted by Gasteiger charge is -2.13. The van der Waals surface area contributed by atoms with Gasteiger partial charge in [-0.05, 0) is 38.2 Å². The molecule has 0 aliphatic rings. The molecule has 1 unspecified atom stereocenters. The average Bonchev–Trinajstić information content (AvgIpc) is 3.02. The molecule has 26 heavy (non-hydrogen) atoms. The van der Waals surface area contributed by atoms with Crippen molar-refractivity contribution in [3.8, 4) is 5.75 Å². The fourth-order valence-corrected chi connectivity index (χ4v) is 2.65. The lowest BCUT2D eigenvalue weighted by molar-refractivity contribution is -0.121. The monoisotopic (exact) mass is 352 g/mol. The summed E-state index contributed by atoms with van der Waals surface area (Å²) in [7, 11) is 1.87. The molecule has 2 N–H and O–H groups in total. The van der Waals surface area contributed by atoms with Crippen LogP contribution in [-0.4, -0.2) is 35.1 Å². The van der Waals surface area contributed by atoms with Crippen molar-refractivity contribution in [3.63, 3.8) is 0 Å². The average molecular weight is 352 g/mol. The van der Waals surface area contributed by atoms with Crippen LogP contribution in [0.1, 0.15) is 12.7 Å². The van der Waals surface area contributed by atoms with Crippen LogP contribution in [0.25, 0.3) is 11.0 Å². The topological polar surface area (TPSA) is 68.2 Å². The highest BCUT2D eigenvalue weighted by Crippen LogP contribution is 2.18. The summed E-state index contributed by atoms with van der Waals surface area (Å²) in [6.45, 7) is 3.12. The molecule has 0 fully saturated rings. The molecule has 6 heteroatoms. The molecule has 1 atom stereocenters. The zero-order valence-electron chi connectivity index (χ0n) is 15.1. The van der Waals surface area contributed by atoms with Gasteiger partial charge in [0.2, 0.25) is 5.91 Å². The number of aromatic nitrogens is 2. The molecular formula is C20H24N4O2. The molecule has 136 valence electrons. The van der Waals surface area contributed by atoms with Crippen LogP contribution in [0.4, 0.5) is 0 Å². The van der Waals surface area contributed by atoms with Crippen molar-refractivity contribution < 1.29 is 9.53 Å². The van der Waals surface area contributed by atoms with E-state index in [0.717, 1.165) is 22.6 Å². The summed E-state index contributed by atoms with van der Waals surface area (Å²) in [5.41, 5.74) is 1.78. The van der Waals surface area contributed by atoms with Crippen LogP contribution in [0.3, 0.4) is 0 Å². The number of para-hydroxylation sites is 3. The summed E-state index contributed by atoms with van der Waals surface area (Å²) in [5, 5.41) is 6.05. The molecule has 3 rings (SSSR count). The van der Waals surface area contributed by atoms with E-state index in [1.54, 1.807) is 0 Å². The number of amides is 1. The number of imidazole rings is 1. The van der Waals surface area contributed by atoms with Crippen molar-refractivity contribution >= 4 is 16.9 Å². The van der Waals surface area contributed by atoms with Crippen molar-refractivity contribution in [3.05, 3.63) is 60.4 Å². The highest BCUT2D eigenvalue weighted by molar-refractivity contribution is 5.81. The van der Waals surface area contributed by atoms with Crippen LogP contribution in [0.15, 0.2) is 54.6 Å². The summed E-state index contributed by atoms with van der Waals surface area (Å²) >= 11 is 0. The van der Waals surface area contributed by atoms with Crippen molar-refractivity contribution in [2.24, 2.45) is 0 Å². The third-order valence-electron chi connectivity index (χ3n) is 4.24. The van der Waals surface area contributed by atoms with Crippen LogP contribution in [0.5, 0.6) is 5.75 Å². The molecule has 0 aliphatic heterocycles. The second-order valence-electron chi connectivity index (χ2n) is 6.20. The summed E-state index contributed by atoms with van der Waals surface area (Å²) < 4.78 is 7.75. The van der Waals surface area contributed by atoms with Gasteiger partial charge < -0.3 is 19.9 Å². The summed E-state index contributed by atoms with van der Waals surface area (Å²) in [6, 6.07) is 17.6. The van der Waals surface area contributed by atoms with Crippen molar-refractivity contribution in [2.45, 2.75) is 26.1 Å². The van der Waals surface area contributed by atoms with E-state index >= 15 is 0 Å². The van der Waals surface area contributed by atoms with E-state index < -0.39 is 0 Å². The zero-order valence-corrected chi connectivity index (χ0v) is 15.1. The van der Waals surface area contributed by atoms with Crippen molar-refractivity contribution in [1.29, 1.82) is 0 Å². The molecule has 2 aromatic carbocycles. The molecule has 0 aliphatic carbocycles. The zero-order chi connectivity index (χ0) is 18.4. The maximum atomic E-state index is 12.4. The fraction of sp³-hybridized carbons (Fsp3) is 0.300. The fourth-order valence-electron chi connectivity index (χ4n) is 2.65. The minimum Gasteiger partial charge on any atom is -0.486 e. The summed E-state index contributed by atoms with van der Waals surface area (Å²) in [6.07, 6.45) is 0. The normalized spacial score (nSPS) is 12.1. The highest BCUT2D eigenvalue weighted by atomic mass is 16.5. The first-order chi connectivity index (χ1) is 12.7. The van der Waals surface area contributed by atoms with Gasteiger partial charge in [-0.3, -0.25) is 4.79 Å². The van der Waals surface area contributed by atoms with Crippen LogP contribution in [-0.2, 0) is 17.9 Å². The molecule has 0 saturated heterocycles. The number of fused-ring (bicyclic) bond motifs is 1. The predicted octanol–water partition coefficient (Wildman–Crippen LogP) is 2.34. The van der Waals surface area contributed by atoms with Gasteiger partial charge in [0.25, 0.3) is 0 Å². The standard InChI is InChI=1S/C20H24N4O2/c1-15(21-2)12-22-20(25)13-24-18-11-7-6-10-17(18)23-19(24)14-26-16-8-4-3-5-9-16/h3-11,15,21H,12-14H2,1-2H3,(H,22,25). The number of ether oxygens (including phenoxy) is 1. The molecule has 0 radical (unpaired) electrons. The maximum absolute atomic E-state index is 12.4. The van der Waals surface area contributed by atoms with E-state index in [1.807, 2.05) is 73.1 Å².